The van der Waals surface area contributed by atoms with Crippen LogP contribution in [0, 0.1) is 0 Å². The number of nitrogens with zero attached hydrogens (tertiary/aromatic N) is 2. The van der Waals surface area contributed by atoms with Crippen molar-refractivity contribution in [3.8, 4) is 5.75 Å². The van der Waals surface area contributed by atoms with Crippen LogP contribution < -0.4 is 15.6 Å². The van der Waals surface area contributed by atoms with Gasteiger partial charge < -0.3 is 10.1 Å². The number of rotatable bonds is 7. The Morgan fingerprint density at radius 2 is 2.04 bits per heavy atom. The highest BCUT2D eigenvalue weighted by atomic mass is 32.2. The lowest BCUT2D eigenvalue weighted by molar-refractivity contribution is -0.115. The molecule has 1 atom stereocenters. The Hall–Kier alpha value is -2.32. The summed E-state index contributed by atoms with van der Waals surface area (Å²) < 4.78 is 7.66. The number of ether oxygens (including phenoxy) is 1. The number of thioether (sulfide) groups is 1. The number of carbonyl (C=O) groups is 1. The molecular formula is C19H21N3O3S2. The average Bonchev–Trinajstić information content (AvgIpc) is 3.12. The van der Waals surface area contributed by atoms with Crippen molar-refractivity contribution in [1.29, 1.82) is 0 Å². The van der Waals surface area contributed by atoms with Crippen LogP contribution in [0.4, 0.5) is 5.69 Å². The Morgan fingerprint density at radius 1 is 1.30 bits per heavy atom. The molecule has 0 aliphatic heterocycles. The summed E-state index contributed by atoms with van der Waals surface area (Å²) in [7, 11) is 0. The number of aromatic nitrogens is 2. The molecule has 0 fully saturated rings. The van der Waals surface area contributed by atoms with Gasteiger partial charge >= 0.3 is 0 Å². The van der Waals surface area contributed by atoms with Crippen LogP contribution >= 0.6 is 23.1 Å². The molecule has 27 heavy (non-hydrogen) atoms. The lowest BCUT2D eigenvalue weighted by atomic mass is 10.3. The van der Waals surface area contributed by atoms with Crippen molar-refractivity contribution in [3.05, 3.63) is 46.1 Å². The summed E-state index contributed by atoms with van der Waals surface area (Å²) >= 11 is 2.67. The SMILES string of the molecule is CCOc1ccc(NC(=O)C(C)Sc2nc3ccsc3c(=O)n2CC)cc1. The van der Waals surface area contributed by atoms with Crippen LogP contribution in [0.25, 0.3) is 10.2 Å². The Balaban J connectivity index is 1.74. The summed E-state index contributed by atoms with van der Waals surface area (Å²) in [6, 6.07) is 9.07. The van der Waals surface area contributed by atoms with E-state index in [1.807, 2.05) is 37.4 Å². The highest BCUT2D eigenvalue weighted by molar-refractivity contribution is 8.00. The molecule has 0 saturated carbocycles. The molecule has 0 aliphatic carbocycles. The Kier molecular flexibility index (Phi) is 6.18. The van der Waals surface area contributed by atoms with E-state index in [0.29, 0.717) is 34.2 Å². The summed E-state index contributed by atoms with van der Waals surface area (Å²) in [5.41, 5.74) is 1.32. The van der Waals surface area contributed by atoms with Gasteiger partial charge in [-0.25, -0.2) is 4.98 Å². The molecule has 3 rings (SSSR count). The predicted octanol–water partition coefficient (Wildman–Crippen LogP) is 4.00. The fraction of sp³-hybridized carbons (Fsp3) is 0.316. The number of benzene rings is 1. The van der Waals surface area contributed by atoms with Gasteiger partial charge in [0.15, 0.2) is 5.16 Å². The molecule has 8 heteroatoms. The first-order valence-electron chi connectivity index (χ1n) is 8.71. The molecule has 0 spiro atoms. The van der Waals surface area contributed by atoms with Crippen LogP contribution in [-0.4, -0.2) is 27.3 Å². The fourth-order valence-electron chi connectivity index (χ4n) is 2.55. The number of fused-ring (bicyclic) bond motifs is 1. The van der Waals surface area contributed by atoms with Crippen molar-refractivity contribution in [1.82, 2.24) is 9.55 Å². The van der Waals surface area contributed by atoms with Gasteiger partial charge in [-0.05, 0) is 56.5 Å². The van der Waals surface area contributed by atoms with E-state index in [1.54, 1.807) is 23.6 Å². The Labute approximate surface area is 165 Å². The molecular weight excluding hydrogens is 382 g/mol. The van der Waals surface area contributed by atoms with E-state index >= 15 is 0 Å². The fourth-order valence-corrected chi connectivity index (χ4v) is 4.30. The van der Waals surface area contributed by atoms with Crippen LogP contribution in [0.3, 0.4) is 0 Å². The zero-order chi connectivity index (χ0) is 19.4. The van der Waals surface area contributed by atoms with E-state index in [-0.39, 0.29) is 11.5 Å². The molecule has 0 saturated heterocycles. The molecule has 3 aromatic rings. The minimum absolute atomic E-state index is 0.0564. The molecule has 1 aromatic carbocycles. The summed E-state index contributed by atoms with van der Waals surface area (Å²) in [6.07, 6.45) is 0. The number of nitrogens with one attached hydrogen (secondary N) is 1. The second-order valence-corrected chi connectivity index (χ2v) is 8.01. The first-order chi connectivity index (χ1) is 13.0. The molecule has 142 valence electrons. The maximum atomic E-state index is 12.6. The normalized spacial score (nSPS) is 12.1. The molecule has 0 radical (unpaired) electrons. The highest BCUT2D eigenvalue weighted by Crippen LogP contribution is 2.25. The largest absolute Gasteiger partial charge is 0.494 e. The molecule has 6 nitrogen and oxygen atoms in total. The van der Waals surface area contributed by atoms with E-state index in [2.05, 4.69) is 10.3 Å². The number of anilines is 1. The van der Waals surface area contributed by atoms with Gasteiger partial charge in [0.25, 0.3) is 5.56 Å². The molecule has 0 aliphatic rings. The smallest absolute Gasteiger partial charge is 0.272 e. The zero-order valence-electron chi connectivity index (χ0n) is 15.4. The summed E-state index contributed by atoms with van der Waals surface area (Å²) in [5.74, 6) is 0.615. The van der Waals surface area contributed by atoms with Gasteiger partial charge in [-0.3, -0.25) is 14.2 Å². The molecule has 0 bridgehead atoms. The number of amides is 1. The molecule has 1 unspecified atom stereocenters. The van der Waals surface area contributed by atoms with Crippen molar-refractivity contribution >= 4 is 44.9 Å². The quantitative estimate of drug-likeness (QED) is 0.477. The van der Waals surface area contributed by atoms with Gasteiger partial charge in [-0.15, -0.1) is 11.3 Å². The highest BCUT2D eigenvalue weighted by Gasteiger charge is 2.19. The zero-order valence-corrected chi connectivity index (χ0v) is 17.0. The Morgan fingerprint density at radius 3 is 2.70 bits per heavy atom. The van der Waals surface area contributed by atoms with E-state index < -0.39 is 5.25 Å². The van der Waals surface area contributed by atoms with Gasteiger partial charge in [0.2, 0.25) is 5.91 Å². The van der Waals surface area contributed by atoms with Crippen LogP contribution in [0.2, 0.25) is 0 Å². The minimum atomic E-state index is -0.405. The van der Waals surface area contributed by atoms with Crippen molar-refractivity contribution < 1.29 is 9.53 Å². The third-order valence-corrected chi connectivity index (χ3v) is 5.91. The van der Waals surface area contributed by atoms with Crippen molar-refractivity contribution in [2.75, 3.05) is 11.9 Å². The second-order valence-electron chi connectivity index (χ2n) is 5.79. The van der Waals surface area contributed by atoms with Gasteiger partial charge in [0.1, 0.15) is 10.4 Å². The molecule has 1 amide bonds. The van der Waals surface area contributed by atoms with Crippen molar-refractivity contribution in [2.45, 2.75) is 37.7 Å². The van der Waals surface area contributed by atoms with Crippen molar-refractivity contribution in [2.24, 2.45) is 0 Å². The molecule has 2 heterocycles. The average molecular weight is 404 g/mol. The third-order valence-electron chi connectivity index (χ3n) is 3.93. The standard InChI is InChI=1S/C19H21N3O3S2/c1-4-22-18(24)16-15(10-11-26-16)21-19(22)27-12(3)17(23)20-13-6-8-14(9-7-13)25-5-2/h6-12H,4-5H2,1-3H3,(H,20,23). The van der Waals surface area contributed by atoms with Gasteiger partial charge in [-0.2, -0.15) is 0 Å². The third kappa shape index (κ3) is 4.33. The second kappa shape index (κ2) is 8.58. The first-order valence-corrected chi connectivity index (χ1v) is 10.5. The summed E-state index contributed by atoms with van der Waals surface area (Å²) in [5, 5.41) is 4.90. The lowest BCUT2D eigenvalue weighted by Gasteiger charge is -2.15. The predicted molar refractivity (Wildman–Crippen MR) is 111 cm³/mol. The topological polar surface area (TPSA) is 73.2 Å². The first kappa shape index (κ1) is 19.4. The van der Waals surface area contributed by atoms with Crippen molar-refractivity contribution in [3.63, 3.8) is 0 Å². The number of hydrogen-bond donors (Lipinski definition) is 1. The van der Waals surface area contributed by atoms with Gasteiger partial charge in [0.05, 0.1) is 17.4 Å². The van der Waals surface area contributed by atoms with E-state index in [4.69, 9.17) is 4.74 Å². The van der Waals surface area contributed by atoms with Crippen LogP contribution in [-0.2, 0) is 11.3 Å². The van der Waals surface area contributed by atoms with E-state index in [0.717, 1.165) is 5.75 Å². The maximum absolute atomic E-state index is 12.6. The van der Waals surface area contributed by atoms with Crippen LogP contribution in [0.5, 0.6) is 5.75 Å². The maximum Gasteiger partial charge on any atom is 0.272 e. The summed E-state index contributed by atoms with van der Waals surface area (Å²) in [4.78, 5) is 29.7. The lowest BCUT2D eigenvalue weighted by Crippen LogP contribution is -2.26. The molecule has 2 aromatic heterocycles. The van der Waals surface area contributed by atoms with Gasteiger partial charge in [0, 0.05) is 12.2 Å². The molecule has 1 N–H and O–H groups in total. The van der Waals surface area contributed by atoms with Crippen LogP contribution in [0.15, 0.2) is 45.7 Å². The summed E-state index contributed by atoms with van der Waals surface area (Å²) in [6.45, 7) is 6.73. The number of carbonyl (C=O) groups excluding carboxylic acids is 1. The van der Waals surface area contributed by atoms with Gasteiger partial charge in [-0.1, -0.05) is 11.8 Å². The minimum Gasteiger partial charge on any atom is -0.494 e. The number of thiophene rings is 1. The van der Waals surface area contributed by atoms with Crippen LogP contribution in [0.1, 0.15) is 20.8 Å². The van der Waals surface area contributed by atoms with E-state index in [1.165, 1.54) is 23.1 Å². The van der Waals surface area contributed by atoms with E-state index in [9.17, 15) is 9.59 Å². The Bertz CT molecular complexity index is 996. The number of hydrogen-bond acceptors (Lipinski definition) is 6. The monoisotopic (exact) mass is 403 g/mol.